The van der Waals surface area contributed by atoms with Gasteiger partial charge >= 0.3 is 5.97 Å². The van der Waals surface area contributed by atoms with Gasteiger partial charge in [0.15, 0.2) is 5.82 Å². The Bertz CT molecular complexity index is 715. The van der Waals surface area contributed by atoms with E-state index in [2.05, 4.69) is 27.5 Å². The third kappa shape index (κ3) is 6.07. The van der Waals surface area contributed by atoms with Crippen molar-refractivity contribution in [3.05, 3.63) is 5.82 Å². The third-order valence-electron chi connectivity index (χ3n) is 7.75. The Morgan fingerprint density at radius 1 is 1.12 bits per heavy atom. The van der Waals surface area contributed by atoms with Crippen LogP contribution < -0.4 is 0 Å². The molecule has 1 heterocycles. The Kier molecular flexibility index (Phi) is 9.05. The molecule has 8 nitrogen and oxygen atoms in total. The summed E-state index contributed by atoms with van der Waals surface area (Å²) in [6.07, 6.45) is 11.4. The van der Waals surface area contributed by atoms with Crippen LogP contribution in [0.15, 0.2) is 0 Å². The second kappa shape index (κ2) is 11.8. The van der Waals surface area contributed by atoms with Gasteiger partial charge in [0.25, 0.3) is 0 Å². The molecule has 2 fully saturated rings. The molecular weight excluding hydrogens is 406 g/mol. The van der Waals surface area contributed by atoms with E-state index in [-0.39, 0.29) is 11.8 Å². The number of hydrogen-bond donors (Lipinski definition) is 2. The van der Waals surface area contributed by atoms with E-state index < -0.39 is 12.0 Å². The van der Waals surface area contributed by atoms with E-state index in [1.165, 1.54) is 19.3 Å². The highest BCUT2D eigenvalue weighted by molar-refractivity contribution is 5.83. The fraction of sp³-hybridized carbons (Fsp3) is 0.875. The van der Waals surface area contributed by atoms with Gasteiger partial charge in [-0.15, -0.1) is 10.2 Å². The zero-order valence-electron chi connectivity index (χ0n) is 20.0. The van der Waals surface area contributed by atoms with Gasteiger partial charge in [-0.1, -0.05) is 45.2 Å². The molecule has 8 heteroatoms. The quantitative estimate of drug-likeness (QED) is 0.549. The van der Waals surface area contributed by atoms with Gasteiger partial charge in [0.1, 0.15) is 6.04 Å². The number of unbranched alkanes of at least 4 members (excludes halogenated alkanes) is 1. The maximum Gasteiger partial charge on any atom is 0.326 e. The van der Waals surface area contributed by atoms with E-state index in [4.69, 9.17) is 0 Å². The Morgan fingerprint density at radius 3 is 2.44 bits per heavy atom. The van der Waals surface area contributed by atoms with Crippen LogP contribution >= 0.6 is 0 Å². The molecule has 0 aliphatic heterocycles. The van der Waals surface area contributed by atoms with Gasteiger partial charge in [0, 0.05) is 18.9 Å². The summed E-state index contributed by atoms with van der Waals surface area (Å²) in [6, 6.07) is -0.738. The number of rotatable bonds is 10. The lowest BCUT2D eigenvalue weighted by Crippen LogP contribution is -2.50. The smallest absolute Gasteiger partial charge is 0.326 e. The average molecular weight is 448 g/mol. The van der Waals surface area contributed by atoms with Gasteiger partial charge in [0.2, 0.25) is 5.91 Å². The summed E-state index contributed by atoms with van der Waals surface area (Å²) < 4.78 is 0. The molecule has 3 atom stereocenters. The number of aliphatic carboxylic acids is 1. The standard InChI is InChI=1S/C24H41N5O3/c1-4-5-10-21(30)29(22(16(2)3)24(31)32)15-17-11-13-18(14-12-17)19-8-6-7-9-20(19)23-25-27-28-26-23/h16-20,22H,4-15H2,1-3H3,(H,31,32)(H,25,26,27,28)/t17?,18?,19?,20?,22-/m0/s1. The molecule has 2 aliphatic rings. The fourth-order valence-corrected chi connectivity index (χ4v) is 6.07. The molecule has 1 aromatic heterocycles. The van der Waals surface area contributed by atoms with E-state index in [0.29, 0.717) is 36.6 Å². The number of aromatic amines is 1. The second-order valence-electron chi connectivity index (χ2n) is 10.3. The highest BCUT2D eigenvalue weighted by Crippen LogP contribution is 2.46. The van der Waals surface area contributed by atoms with Crippen molar-refractivity contribution in [3.63, 3.8) is 0 Å². The molecule has 2 N–H and O–H groups in total. The minimum atomic E-state index is -0.885. The first-order valence-corrected chi connectivity index (χ1v) is 12.7. The molecule has 1 amide bonds. The van der Waals surface area contributed by atoms with Crippen LogP contribution in [0.4, 0.5) is 0 Å². The fourth-order valence-electron chi connectivity index (χ4n) is 6.07. The minimum Gasteiger partial charge on any atom is -0.480 e. The maximum absolute atomic E-state index is 13.0. The van der Waals surface area contributed by atoms with Crippen LogP contribution in [-0.2, 0) is 9.59 Å². The van der Waals surface area contributed by atoms with Gasteiger partial charge in [-0.25, -0.2) is 4.79 Å². The van der Waals surface area contributed by atoms with Crippen molar-refractivity contribution in [2.24, 2.45) is 23.7 Å². The lowest BCUT2D eigenvalue weighted by molar-refractivity contribution is -0.153. The number of amides is 1. The van der Waals surface area contributed by atoms with Crippen molar-refractivity contribution < 1.29 is 14.7 Å². The first kappa shape index (κ1) is 24.6. The van der Waals surface area contributed by atoms with Gasteiger partial charge in [-0.3, -0.25) is 4.79 Å². The number of nitrogens with zero attached hydrogens (tertiary/aromatic N) is 4. The maximum atomic E-state index is 13.0. The zero-order chi connectivity index (χ0) is 23.1. The molecule has 32 heavy (non-hydrogen) atoms. The van der Waals surface area contributed by atoms with E-state index in [1.807, 2.05) is 13.8 Å². The Balaban J connectivity index is 1.62. The van der Waals surface area contributed by atoms with Gasteiger partial charge in [-0.2, -0.15) is 5.21 Å². The zero-order valence-corrected chi connectivity index (χ0v) is 20.0. The first-order chi connectivity index (χ1) is 15.4. The number of aromatic nitrogens is 4. The Labute approximate surface area is 191 Å². The molecule has 0 spiro atoms. The van der Waals surface area contributed by atoms with Crippen LogP contribution in [0, 0.1) is 23.7 Å². The summed E-state index contributed by atoms with van der Waals surface area (Å²) in [7, 11) is 0. The molecule has 1 aromatic rings. The lowest BCUT2D eigenvalue weighted by atomic mass is 9.66. The normalized spacial score (nSPS) is 27.2. The van der Waals surface area contributed by atoms with Gasteiger partial charge in [-0.05, 0) is 68.6 Å². The number of carbonyl (C=O) groups excluding carboxylic acids is 1. The highest BCUT2D eigenvalue weighted by Gasteiger charge is 2.39. The van der Waals surface area contributed by atoms with Crippen LogP contribution in [-0.4, -0.2) is 55.1 Å². The molecule has 0 aromatic carbocycles. The monoisotopic (exact) mass is 447 g/mol. The first-order valence-electron chi connectivity index (χ1n) is 12.7. The predicted octanol–water partition coefficient (Wildman–Crippen LogP) is 4.41. The van der Waals surface area contributed by atoms with E-state index in [0.717, 1.165) is 50.8 Å². The number of tetrazole rings is 1. The molecule has 3 rings (SSSR count). The molecule has 180 valence electrons. The summed E-state index contributed by atoms with van der Waals surface area (Å²) in [5.74, 6) is 1.91. The van der Waals surface area contributed by atoms with Gasteiger partial charge in [0.05, 0.1) is 0 Å². The highest BCUT2D eigenvalue weighted by atomic mass is 16.4. The number of nitrogens with one attached hydrogen (secondary N) is 1. The van der Waals surface area contributed by atoms with Crippen molar-refractivity contribution in [1.82, 2.24) is 25.5 Å². The summed E-state index contributed by atoms with van der Waals surface area (Å²) in [4.78, 5) is 26.6. The van der Waals surface area contributed by atoms with E-state index >= 15 is 0 Å². The predicted molar refractivity (Wildman–Crippen MR) is 122 cm³/mol. The average Bonchev–Trinajstić information content (AvgIpc) is 3.32. The van der Waals surface area contributed by atoms with Crippen LogP contribution in [0.5, 0.6) is 0 Å². The van der Waals surface area contributed by atoms with Crippen molar-refractivity contribution in [1.29, 1.82) is 0 Å². The molecule has 2 saturated carbocycles. The van der Waals surface area contributed by atoms with Crippen LogP contribution in [0.25, 0.3) is 0 Å². The van der Waals surface area contributed by atoms with Gasteiger partial charge < -0.3 is 10.0 Å². The molecule has 0 saturated heterocycles. The molecular formula is C24H41N5O3. The van der Waals surface area contributed by atoms with Crippen LogP contribution in [0.2, 0.25) is 0 Å². The lowest BCUT2D eigenvalue weighted by Gasteiger charge is -2.41. The van der Waals surface area contributed by atoms with E-state index in [1.54, 1.807) is 4.90 Å². The number of carboxylic acids is 1. The molecule has 0 radical (unpaired) electrons. The minimum absolute atomic E-state index is 0.000440. The van der Waals surface area contributed by atoms with E-state index in [9.17, 15) is 14.7 Å². The summed E-state index contributed by atoms with van der Waals surface area (Å²) in [5.41, 5.74) is 0. The van der Waals surface area contributed by atoms with Crippen LogP contribution in [0.1, 0.15) is 103 Å². The summed E-state index contributed by atoms with van der Waals surface area (Å²) in [5, 5.41) is 24.8. The Hall–Kier alpha value is -1.99. The topological polar surface area (TPSA) is 112 Å². The number of carbonyl (C=O) groups is 2. The molecule has 2 unspecified atom stereocenters. The summed E-state index contributed by atoms with van der Waals surface area (Å²) >= 11 is 0. The molecule has 0 bridgehead atoms. The second-order valence-corrected chi connectivity index (χ2v) is 10.3. The number of carboxylic acid groups (broad SMARTS) is 1. The largest absolute Gasteiger partial charge is 0.480 e. The Morgan fingerprint density at radius 2 is 1.84 bits per heavy atom. The van der Waals surface area contributed by atoms with Crippen molar-refractivity contribution in [2.45, 2.75) is 103 Å². The summed E-state index contributed by atoms with van der Waals surface area (Å²) in [6.45, 7) is 6.43. The SMILES string of the molecule is CCCCC(=O)N(CC1CCC(C2CCCCC2c2nn[nH]n2)CC1)[C@H](C(=O)O)C(C)C. The van der Waals surface area contributed by atoms with Crippen molar-refractivity contribution >= 4 is 11.9 Å². The number of hydrogen-bond acceptors (Lipinski definition) is 5. The van der Waals surface area contributed by atoms with Crippen LogP contribution in [0.3, 0.4) is 0 Å². The van der Waals surface area contributed by atoms with Crippen molar-refractivity contribution in [3.8, 4) is 0 Å². The van der Waals surface area contributed by atoms with Crippen molar-refractivity contribution in [2.75, 3.05) is 6.54 Å². The third-order valence-corrected chi connectivity index (χ3v) is 7.75. The number of H-pyrrole nitrogens is 1. The molecule has 2 aliphatic carbocycles.